The molecule has 2 aromatic rings. The van der Waals surface area contributed by atoms with Crippen LogP contribution in [0.4, 0.5) is 0 Å². The Kier molecular flexibility index (Phi) is 4.75. The standard InChI is InChI=1S/C12H14N4O6S2/c1-7-10(11(17)16-12(18)15-7)24(21,22)14-6-8-2-4-9(5-3-8)23(13,19)20/h2-5,14H,6H2,1H3,(H2,13,19,20)(H2,15,16,17,18). The highest BCUT2D eigenvalue weighted by Crippen LogP contribution is 2.10. The SMILES string of the molecule is Cc1[nH]c(=O)[nH]c(=O)c1S(=O)(=O)NCc1ccc(S(N)(=O)=O)cc1. The summed E-state index contributed by atoms with van der Waals surface area (Å²) in [6, 6.07) is 5.23. The van der Waals surface area contributed by atoms with Crippen LogP contribution in [-0.2, 0) is 26.6 Å². The molecule has 0 bridgehead atoms. The molecule has 1 aromatic carbocycles. The van der Waals surface area contributed by atoms with Gasteiger partial charge in [0.05, 0.1) is 4.90 Å². The van der Waals surface area contributed by atoms with Crippen molar-refractivity contribution in [3.05, 3.63) is 56.4 Å². The van der Waals surface area contributed by atoms with Crippen molar-refractivity contribution >= 4 is 20.0 Å². The van der Waals surface area contributed by atoms with Gasteiger partial charge in [-0.1, -0.05) is 12.1 Å². The first-order chi connectivity index (χ1) is 11.0. The number of hydrogen-bond acceptors (Lipinski definition) is 6. The number of aromatic nitrogens is 2. The van der Waals surface area contributed by atoms with Gasteiger partial charge < -0.3 is 4.98 Å². The smallest absolute Gasteiger partial charge is 0.310 e. The summed E-state index contributed by atoms with van der Waals surface area (Å²) in [7, 11) is -8.02. The molecule has 0 aliphatic rings. The van der Waals surface area contributed by atoms with E-state index in [1.54, 1.807) is 0 Å². The summed E-state index contributed by atoms with van der Waals surface area (Å²) in [6.07, 6.45) is 0. The maximum atomic E-state index is 12.2. The fourth-order valence-electron chi connectivity index (χ4n) is 1.96. The highest BCUT2D eigenvalue weighted by atomic mass is 32.2. The summed E-state index contributed by atoms with van der Waals surface area (Å²) in [6.45, 7) is 1.09. The van der Waals surface area contributed by atoms with Crippen LogP contribution in [0, 0.1) is 6.92 Å². The largest absolute Gasteiger partial charge is 0.325 e. The molecule has 0 aliphatic carbocycles. The van der Waals surface area contributed by atoms with Crippen LogP contribution in [0.1, 0.15) is 11.3 Å². The Hall–Kier alpha value is -2.28. The Balaban J connectivity index is 2.26. The molecular formula is C12H14N4O6S2. The molecule has 1 aromatic heterocycles. The fourth-order valence-corrected chi connectivity index (χ4v) is 3.73. The zero-order valence-electron chi connectivity index (χ0n) is 12.4. The summed E-state index contributed by atoms with van der Waals surface area (Å²) in [5.41, 5.74) is -1.49. The number of primary sulfonamides is 1. The van der Waals surface area contributed by atoms with Gasteiger partial charge in [-0.15, -0.1) is 0 Å². The van der Waals surface area contributed by atoms with E-state index in [0.29, 0.717) is 5.56 Å². The predicted octanol–water partition coefficient (Wildman–Crippen LogP) is -1.50. The Morgan fingerprint density at radius 2 is 1.62 bits per heavy atom. The number of nitrogens with two attached hydrogens (primary N) is 1. The van der Waals surface area contributed by atoms with Crippen LogP contribution in [0.2, 0.25) is 0 Å². The molecule has 0 spiro atoms. The van der Waals surface area contributed by atoms with Gasteiger partial charge in [0.25, 0.3) is 5.56 Å². The van der Waals surface area contributed by atoms with Crippen LogP contribution in [0.15, 0.2) is 43.6 Å². The second-order valence-electron chi connectivity index (χ2n) is 4.88. The van der Waals surface area contributed by atoms with Crippen LogP contribution >= 0.6 is 0 Å². The summed E-state index contributed by atoms with van der Waals surface area (Å²) >= 11 is 0. The van der Waals surface area contributed by atoms with Crippen LogP contribution in [0.3, 0.4) is 0 Å². The number of aryl methyl sites for hydroxylation is 1. The van der Waals surface area contributed by atoms with Crippen molar-refractivity contribution in [3.63, 3.8) is 0 Å². The summed E-state index contributed by atoms with van der Waals surface area (Å²) in [5.74, 6) is 0. The number of hydrogen-bond donors (Lipinski definition) is 4. The average molecular weight is 374 g/mol. The third-order valence-corrected chi connectivity index (χ3v) is 5.54. The molecule has 0 saturated carbocycles. The molecule has 24 heavy (non-hydrogen) atoms. The molecule has 2 rings (SSSR count). The van der Waals surface area contributed by atoms with Gasteiger partial charge in [-0.2, -0.15) is 0 Å². The minimum Gasteiger partial charge on any atom is -0.310 e. The van der Waals surface area contributed by atoms with Crippen LogP contribution in [0.25, 0.3) is 0 Å². The van der Waals surface area contributed by atoms with Gasteiger partial charge in [0.15, 0.2) is 4.90 Å². The van der Waals surface area contributed by atoms with Crippen molar-refractivity contribution < 1.29 is 16.8 Å². The molecule has 12 heteroatoms. The number of sulfonamides is 2. The topological polar surface area (TPSA) is 172 Å². The van der Waals surface area contributed by atoms with Gasteiger partial charge in [0.1, 0.15) is 0 Å². The molecule has 0 saturated heterocycles. The normalized spacial score (nSPS) is 12.2. The molecule has 0 amide bonds. The minimum atomic E-state index is -4.18. The second kappa shape index (κ2) is 6.32. The minimum absolute atomic E-state index is 0.0965. The van der Waals surface area contributed by atoms with Gasteiger partial charge in [-0.3, -0.25) is 9.78 Å². The van der Waals surface area contributed by atoms with E-state index in [-0.39, 0.29) is 17.1 Å². The van der Waals surface area contributed by atoms with Crippen molar-refractivity contribution in [2.45, 2.75) is 23.3 Å². The third kappa shape index (κ3) is 3.97. The summed E-state index contributed by atoms with van der Waals surface area (Å²) < 4.78 is 48.9. The van der Waals surface area contributed by atoms with Crippen molar-refractivity contribution in [1.29, 1.82) is 0 Å². The predicted molar refractivity (Wildman–Crippen MR) is 84.3 cm³/mol. The van der Waals surface area contributed by atoms with E-state index in [9.17, 15) is 26.4 Å². The lowest BCUT2D eigenvalue weighted by Gasteiger charge is -2.08. The summed E-state index contributed by atoms with van der Waals surface area (Å²) in [5, 5.41) is 4.97. The van der Waals surface area contributed by atoms with Gasteiger partial charge in [-0.25, -0.2) is 31.5 Å². The van der Waals surface area contributed by atoms with E-state index in [0.717, 1.165) is 0 Å². The van der Waals surface area contributed by atoms with Gasteiger partial charge in [0.2, 0.25) is 20.0 Å². The molecule has 0 radical (unpaired) electrons. The van der Waals surface area contributed by atoms with Crippen molar-refractivity contribution in [3.8, 4) is 0 Å². The number of aromatic amines is 2. The molecule has 0 aliphatic heterocycles. The Morgan fingerprint density at radius 1 is 1.04 bits per heavy atom. The quantitative estimate of drug-likeness (QED) is 0.495. The highest BCUT2D eigenvalue weighted by molar-refractivity contribution is 7.89. The molecule has 0 atom stereocenters. The maximum absolute atomic E-state index is 12.2. The van der Waals surface area contributed by atoms with E-state index in [1.165, 1.54) is 31.2 Å². The third-order valence-electron chi connectivity index (χ3n) is 3.06. The Labute approximate surface area is 136 Å². The van der Waals surface area contributed by atoms with Crippen LogP contribution in [0.5, 0.6) is 0 Å². The first-order valence-corrected chi connectivity index (χ1v) is 9.48. The van der Waals surface area contributed by atoms with Crippen molar-refractivity contribution in [1.82, 2.24) is 14.7 Å². The Morgan fingerprint density at radius 3 is 2.12 bits per heavy atom. The molecule has 10 nitrogen and oxygen atoms in total. The number of H-pyrrole nitrogens is 2. The Bertz CT molecular complexity index is 1080. The van der Waals surface area contributed by atoms with E-state index in [1.807, 2.05) is 4.98 Å². The fraction of sp³-hybridized carbons (Fsp3) is 0.167. The molecule has 5 N–H and O–H groups in total. The lowest BCUT2D eigenvalue weighted by Crippen LogP contribution is -2.34. The van der Waals surface area contributed by atoms with Gasteiger partial charge in [0, 0.05) is 12.2 Å². The first-order valence-electron chi connectivity index (χ1n) is 6.45. The van der Waals surface area contributed by atoms with Crippen LogP contribution < -0.4 is 21.1 Å². The number of benzene rings is 1. The van der Waals surface area contributed by atoms with E-state index < -0.39 is 36.2 Å². The van der Waals surface area contributed by atoms with E-state index >= 15 is 0 Å². The molecule has 1 heterocycles. The van der Waals surface area contributed by atoms with Gasteiger partial charge in [-0.05, 0) is 24.6 Å². The summed E-state index contributed by atoms with van der Waals surface area (Å²) in [4.78, 5) is 26.1. The van der Waals surface area contributed by atoms with E-state index in [4.69, 9.17) is 5.14 Å². The number of rotatable bonds is 5. The molecule has 0 unspecified atom stereocenters. The molecular weight excluding hydrogens is 360 g/mol. The maximum Gasteiger partial charge on any atom is 0.325 e. The number of nitrogens with one attached hydrogen (secondary N) is 3. The van der Waals surface area contributed by atoms with Gasteiger partial charge >= 0.3 is 5.69 Å². The zero-order chi connectivity index (χ0) is 18.1. The average Bonchev–Trinajstić information content (AvgIpc) is 2.43. The first kappa shape index (κ1) is 18.1. The lowest BCUT2D eigenvalue weighted by atomic mass is 10.2. The van der Waals surface area contributed by atoms with Crippen molar-refractivity contribution in [2.75, 3.05) is 0 Å². The van der Waals surface area contributed by atoms with E-state index in [2.05, 4.69) is 9.71 Å². The zero-order valence-corrected chi connectivity index (χ0v) is 14.0. The molecule has 0 fully saturated rings. The molecule has 130 valence electrons. The monoisotopic (exact) mass is 374 g/mol. The van der Waals surface area contributed by atoms with Crippen LogP contribution in [-0.4, -0.2) is 26.8 Å². The second-order valence-corrected chi connectivity index (χ2v) is 8.14. The highest BCUT2D eigenvalue weighted by Gasteiger charge is 2.21. The lowest BCUT2D eigenvalue weighted by molar-refractivity contribution is 0.577. The van der Waals surface area contributed by atoms with Crippen molar-refractivity contribution in [2.24, 2.45) is 5.14 Å².